The first-order valence-corrected chi connectivity index (χ1v) is 5.73. The fourth-order valence-electron chi connectivity index (χ4n) is 1.33. The monoisotopic (exact) mass is 228 g/mol. The molecule has 0 amide bonds. The van der Waals surface area contributed by atoms with Gasteiger partial charge < -0.3 is 10.6 Å². The Morgan fingerprint density at radius 3 is 1.53 bits per heavy atom. The third-order valence-electron chi connectivity index (χ3n) is 2.40. The Morgan fingerprint density at radius 2 is 1.12 bits per heavy atom. The number of hydrogen-bond acceptors (Lipinski definition) is 2. The van der Waals surface area contributed by atoms with Crippen molar-refractivity contribution in [1.82, 2.24) is 0 Å². The van der Waals surface area contributed by atoms with Gasteiger partial charge in [0.1, 0.15) is 0 Å². The predicted molar refractivity (Wildman–Crippen MR) is 76.7 cm³/mol. The van der Waals surface area contributed by atoms with E-state index in [4.69, 9.17) is 0 Å². The number of nitrogens with one attached hydrogen (secondary N) is 2. The van der Waals surface area contributed by atoms with Gasteiger partial charge in [-0.05, 0) is 31.2 Å². The maximum absolute atomic E-state index is 3.05. The number of anilines is 2. The second-order valence-corrected chi connectivity index (χ2v) is 3.73. The smallest absolute Gasteiger partial charge is 0.0337 e. The Morgan fingerprint density at radius 1 is 0.647 bits per heavy atom. The zero-order valence-corrected chi connectivity index (χ0v) is 10.7. The Balaban J connectivity index is 0.000000171. The van der Waals surface area contributed by atoms with Crippen molar-refractivity contribution in [3.63, 3.8) is 0 Å². The van der Waals surface area contributed by atoms with Crippen LogP contribution in [0.1, 0.15) is 5.56 Å². The Bertz CT molecular complexity index is 407. The van der Waals surface area contributed by atoms with E-state index in [1.165, 1.54) is 11.3 Å². The molecule has 2 aromatic rings. The van der Waals surface area contributed by atoms with E-state index in [2.05, 4.69) is 41.8 Å². The summed E-state index contributed by atoms with van der Waals surface area (Å²) in [7, 11) is 3.83. The van der Waals surface area contributed by atoms with Gasteiger partial charge in [0, 0.05) is 25.5 Å². The first kappa shape index (κ1) is 13.1. The van der Waals surface area contributed by atoms with Crippen LogP contribution < -0.4 is 10.6 Å². The molecule has 2 N–H and O–H groups in total. The minimum absolute atomic E-state index is 1.16. The summed E-state index contributed by atoms with van der Waals surface area (Å²) in [5.74, 6) is 0. The molecule has 0 aliphatic heterocycles. The van der Waals surface area contributed by atoms with Crippen molar-refractivity contribution in [2.75, 3.05) is 24.7 Å². The average molecular weight is 228 g/mol. The molecule has 0 saturated carbocycles. The molecular weight excluding hydrogens is 208 g/mol. The van der Waals surface area contributed by atoms with Crippen LogP contribution in [0, 0.1) is 6.92 Å². The van der Waals surface area contributed by atoms with E-state index in [1.807, 2.05) is 44.4 Å². The molecule has 90 valence electrons. The third kappa shape index (κ3) is 5.07. The number of hydrogen-bond donors (Lipinski definition) is 2. The summed E-state index contributed by atoms with van der Waals surface area (Å²) in [6.07, 6.45) is 0. The molecule has 0 aliphatic carbocycles. The number of aryl methyl sites for hydroxylation is 1. The van der Waals surface area contributed by atoms with Gasteiger partial charge in [-0.15, -0.1) is 0 Å². The predicted octanol–water partition coefficient (Wildman–Crippen LogP) is 3.77. The maximum Gasteiger partial charge on any atom is 0.0337 e. The normalized spacial score (nSPS) is 8.88. The molecule has 0 heterocycles. The molecular formula is C15H20N2. The Hall–Kier alpha value is -1.96. The van der Waals surface area contributed by atoms with Crippen LogP contribution in [0.25, 0.3) is 0 Å². The number of para-hydroxylation sites is 1. The lowest BCUT2D eigenvalue weighted by molar-refractivity contribution is 1.44. The van der Waals surface area contributed by atoms with Crippen LogP contribution in [0.5, 0.6) is 0 Å². The Kier molecular flexibility index (Phi) is 5.66. The van der Waals surface area contributed by atoms with E-state index >= 15 is 0 Å². The van der Waals surface area contributed by atoms with Crippen LogP contribution in [0.2, 0.25) is 0 Å². The molecule has 2 aromatic carbocycles. The van der Waals surface area contributed by atoms with Crippen molar-refractivity contribution >= 4 is 11.4 Å². The fraction of sp³-hybridized carbons (Fsp3) is 0.200. The highest BCUT2D eigenvalue weighted by atomic mass is 14.8. The molecule has 0 unspecified atom stereocenters. The van der Waals surface area contributed by atoms with Gasteiger partial charge >= 0.3 is 0 Å². The molecule has 2 heteroatoms. The van der Waals surface area contributed by atoms with Crippen molar-refractivity contribution in [2.45, 2.75) is 6.92 Å². The minimum atomic E-state index is 1.16. The first-order valence-electron chi connectivity index (χ1n) is 5.73. The van der Waals surface area contributed by atoms with E-state index < -0.39 is 0 Å². The fourth-order valence-corrected chi connectivity index (χ4v) is 1.33. The summed E-state index contributed by atoms with van der Waals surface area (Å²) >= 11 is 0. The minimum Gasteiger partial charge on any atom is -0.388 e. The summed E-state index contributed by atoms with van der Waals surface area (Å²) < 4.78 is 0. The van der Waals surface area contributed by atoms with E-state index in [1.54, 1.807) is 0 Å². The third-order valence-corrected chi connectivity index (χ3v) is 2.40. The molecule has 0 radical (unpaired) electrons. The molecule has 0 fully saturated rings. The highest BCUT2D eigenvalue weighted by Gasteiger charge is 1.83. The first-order chi connectivity index (χ1) is 8.26. The van der Waals surface area contributed by atoms with Crippen molar-refractivity contribution in [2.24, 2.45) is 0 Å². The molecule has 2 nitrogen and oxygen atoms in total. The second kappa shape index (κ2) is 7.34. The van der Waals surface area contributed by atoms with Gasteiger partial charge in [-0.3, -0.25) is 0 Å². The lowest BCUT2D eigenvalue weighted by Gasteiger charge is -1.97. The zero-order chi connectivity index (χ0) is 12.5. The van der Waals surface area contributed by atoms with E-state index in [0.29, 0.717) is 0 Å². The molecule has 0 spiro atoms. The van der Waals surface area contributed by atoms with Gasteiger partial charge in [-0.1, -0.05) is 35.9 Å². The second-order valence-electron chi connectivity index (χ2n) is 3.73. The van der Waals surface area contributed by atoms with Gasteiger partial charge in [0.2, 0.25) is 0 Å². The zero-order valence-electron chi connectivity index (χ0n) is 10.7. The van der Waals surface area contributed by atoms with Crippen LogP contribution >= 0.6 is 0 Å². The van der Waals surface area contributed by atoms with Gasteiger partial charge in [-0.2, -0.15) is 0 Å². The lowest BCUT2D eigenvalue weighted by atomic mass is 10.2. The van der Waals surface area contributed by atoms with Crippen LogP contribution in [0.4, 0.5) is 11.4 Å². The molecule has 2 rings (SSSR count). The maximum atomic E-state index is 3.05. The molecule has 0 aromatic heterocycles. The SMILES string of the molecule is CNc1ccc(C)cc1.CNc1ccccc1. The highest BCUT2D eigenvalue weighted by molar-refractivity contribution is 5.43. The topological polar surface area (TPSA) is 24.1 Å². The number of rotatable bonds is 2. The molecule has 0 atom stereocenters. The van der Waals surface area contributed by atoms with E-state index in [9.17, 15) is 0 Å². The molecule has 0 bridgehead atoms. The van der Waals surface area contributed by atoms with Crippen molar-refractivity contribution in [3.8, 4) is 0 Å². The van der Waals surface area contributed by atoms with Gasteiger partial charge in [0.05, 0.1) is 0 Å². The van der Waals surface area contributed by atoms with Gasteiger partial charge in [0.25, 0.3) is 0 Å². The molecule has 17 heavy (non-hydrogen) atoms. The lowest BCUT2D eigenvalue weighted by Crippen LogP contribution is -1.85. The van der Waals surface area contributed by atoms with Crippen molar-refractivity contribution < 1.29 is 0 Å². The van der Waals surface area contributed by atoms with E-state index in [0.717, 1.165) is 5.69 Å². The van der Waals surface area contributed by atoms with Gasteiger partial charge in [0.15, 0.2) is 0 Å². The van der Waals surface area contributed by atoms with Crippen molar-refractivity contribution in [3.05, 3.63) is 60.2 Å². The molecule has 0 aliphatic rings. The quantitative estimate of drug-likeness (QED) is 0.817. The summed E-state index contributed by atoms with van der Waals surface area (Å²) in [4.78, 5) is 0. The largest absolute Gasteiger partial charge is 0.388 e. The van der Waals surface area contributed by atoms with Gasteiger partial charge in [-0.25, -0.2) is 0 Å². The number of benzene rings is 2. The van der Waals surface area contributed by atoms with Crippen LogP contribution in [-0.2, 0) is 0 Å². The van der Waals surface area contributed by atoms with E-state index in [-0.39, 0.29) is 0 Å². The summed E-state index contributed by atoms with van der Waals surface area (Å²) in [6, 6.07) is 18.4. The highest BCUT2D eigenvalue weighted by Crippen LogP contribution is 2.06. The van der Waals surface area contributed by atoms with Crippen LogP contribution in [0.15, 0.2) is 54.6 Å². The summed E-state index contributed by atoms with van der Waals surface area (Å²) in [5.41, 5.74) is 3.63. The van der Waals surface area contributed by atoms with Crippen LogP contribution in [-0.4, -0.2) is 14.1 Å². The van der Waals surface area contributed by atoms with Crippen molar-refractivity contribution in [1.29, 1.82) is 0 Å². The standard InChI is InChI=1S/C8H11N.C7H9N/c1-7-3-5-8(9-2)6-4-7;1-8-7-5-3-2-4-6-7/h3-6,9H,1-2H3;2-6,8H,1H3. The summed E-state index contributed by atoms with van der Waals surface area (Å²) in [5, 5.41) is 6.08. The Labute approximate surface area is 104 Å². The average Bonchev–Trinajstić information content (AvgIpc) is 2.41. The van der Waals surface area contributed by atoms with Crippen LogP contribution in [0.3, 0.4) is 0 Å². The molecule has 0 saturated heterocycles. The summed E-state index contributed by atoms with van der Waals surface area (Å²) in [6.45, 7) is 2.08.